The molecule has 1 aromatic carbocycles. The SMILES string of the molecule is CC(=O)NC[C@H]1CN(c2ccc(N3CCC(NC(C)=O)CC3)c(F)c2)C(=O)O1. The molecular weight excluding hydrogens is 367 g/mol. The van der Waals surface area contributed by atoms with E-state index in [9.17, 15) is 18.8 Å². The molecule has 9 heteroatoms. The van der Waals surface area contributed by atoms with Crippen LogP contribution in [0, 0.1) is 5.82 Å². The van der Waals surface area contributed by atoms with Gasteiger partial charge in [0.25, 0.3) is 0 Å². The maximum absolute atomic E-state index is 14.7. The number of hydrogen-bond acceptors (Lipinski definition) is 5. The number of nitrogens with zero attached hydrogens (tertiary/aromatic N) is 2. The lowest BCUT2D eigenvalue weighted by Gasteiger charge is -2.34. The molecule has 2 N–H and O–H groups in total. The molecule has 3 amide bonds. The van der Waals surface area contributed by atoms with E-state index in [1.165, 1.54) is 24.8 Å². The molecule has 28 heavy (non-hydrogen) atoms. The Labute approximate surface area is 163 Å². The number of nitrogens with one attached hydrogen (secondary N) is 2. The van der Waals surface area contributed by atoms with Crippen LogP contribution in [0.25, 0.3) is 0 Å². The van der Waals surface area contributed by atoms with Gasteiger partial charge in [0.15, 0.2) is 0 Å². The topological polar surface area (TPSA) is 91.0 Å². The van der Waals surface area contributed by atoms with E-state index in [0.29, 0.717) is 24.5 Å². The molecule has 2 fully saturated rings. The van der Waals surface area contributed by atoms with Crippen LogP contribution in [0.1, 0.15) is 26.7 Å². The number of hydrogen-bond donors (Lipinski definition) is 2. The zero-order valence-corrected chi connectivity index (χ0v) is 16.0. The van der Waals surface area contributed by atoms with Crippen LogP contribution in [-0.2, 0) is 14.3 Å². The van der Waals surface area contributed by atoms with Crippen molar-refractivity contribution in [1.82, 2.24) is 10.6 Å². The molecule has 0 radical (unpaired) electrons. The standard InChI is InChI=1S/C19H25FN4O4/c1-12(25)21-10-16-11-24(19(27)28-16)15-3-4-18(17(20)9-15)23-7-5-14(6-8-23)22-13(2)26/h3-4,9,14,16H,5-8,10-11H2,1-2H3,(H,21,25)(H,22,26)/t16-/m0/s1. The van der Waals surface area contributed by atoms with Gasteiger partial charge in [0.1, 0.15) is 11.9 Å². The van der Waals surface area contributed by atoms with E-state index in [0.717, 1.165) is 12.8 Å². The van der Waals surface area contributed by atoms with Crippen molar-refractivity contribution in [2.75, 3.05) is 36.0 Å². The van der Waals surface area contributed by atoms with Gasteiger partial charge in [0, 0.05) is 33.0 Å². The highest BCUT2D eigenvalue weighted by Gasteiger charge is 2.33. The smallest absolute Gasteiger partial charge is 0.414 e. The van der Waals surface area contributed by atoms with E-state index in [1.807, 2.05) is 4.90 Å². The Morgan fingerprint density at radius 1 is 1.21 bits per heavy atom. The lowest BCUT2D eigenvalue weighted by Crippen LogP contribution is -2.44. The number of rotatable bonds is 5. The number of halogens is 1. The molecular formula is C19H25FN4O4. The highest BCUT2D eigenvalue weighted by atomic mass is 19.1. The first kappa shape index (κ1) is 19.9. The highest BCUT2D eigenvalue weighted by molar-refractivity contribution is 5.90. The van der Waals surface area contributed by atoms with Crippen LogP contribution in [-0.4, -0.2) is 56.2 Å². The fraction of sp³-hybridized carbons (Fsp3) is 0.526. The quantitative estimate of drug-likeness (QED) is 0.790. The Hall–Kier alpha value is -2.84. The molecule has 0 aliphatic carbocycles. The fourth-order valence-electron chi connectivity index (χ4n) is 3.57. The summed E-state index contributed by atoms with van der Waals surface area (Å²) in [5.74, 6) is -0.663. The van der Waals surface area contributed by atoms with Crippen LogP contribution in [0.15, 0.2) is 18.2 Å². The summed E-state index contributed by atoms with van der Waals surface area (Å²) in [6, 6.07) is 4.81. The average Bonchev–Trinajstić information content (AvgIpc) is 3.01. The first-order valence-electron chi connectivity index (χ1n) is 9.37. The monoisotopic (exact) mass is 392 g/mol. The van der Waals surface area contributed by atoms with Gasteiger partial charge in [-0.3, -0.25) is 14.5 Å². The molecule has 0 saturated carbocycles. The van der Waals surface area contributed by atoms with Gasteiger partial charge in [0.05, 0.1) is 24.5 Å². The third-order valence-corrected chi connectivity index (χ3v) is 4.94. The molecule has 1 aromatic rings. The van der Waals surface area contributed by atoms with Gasteiger partial charge < -0.3 is 20.3 Å². The Morgan fingerprint density at radius 2 is 1.93 bits per heavy atom. The summed E-state index contributed by atoms with van der Waals surface area (Å²) < 4.78 is 19.9. The molecule has 0 unspecified atom stereocenters. The average molecular weight is 392 g/mol. The summed E-state index contributed by atoms with van der Waals surface area (Å²) in [4.78, 5) is 37.5. The first-order chi connectivity index (χ1) is 13.3. The molecule has 152 valence electrons. The zero-order chi connectivity index (χ0) is 20.3. The van der Waals surface area contributed by atoms with Crippen molar-refractivity contribution < 1.29 is 23.5 Å². The Balaban J connectivity index is 1.62. The Bertz CT molecular complexity index is 764. The lowest BCUT2D eigenvalue weighted by atomic mass is 10.0. The molecule has 1 atom stereocenters. The third-order valence-electron chi connectivity index (χ3n) is 4.94. The minimum atomic E-state index is -0.557. The minimum Gasteiger partial charge on any atom is -0.442 e. The van der Waals surface area contributed by atoms with Crippen LogP contribution in [0.4, 0.5) is 20.6 Å². The summed E-state index contributed by atoms with van der Waals surface area (Å²) >= 11 is 0. The van der Waals surface area contributed by atoms with Crippen LogP contribution >= 0.6 is 0 Å². The van der Waals surface area contributed by atoms with Gasteiger partial charge in [-0.1, -0.05) is 0 Å². The normalized spacial score (nSPS) is 20.1. The van der Waals surface area contributed by atoms with Crippen LogP contribution in [0.3, 0.4) is 0 Å². The van der Waals surface area contributed by atoms with Crippen molar-refractivity contribution in [2.45, 2.75) is 38.8 Å². The predicted molar refractivity (Wildman–Crippen MR) is 102 cm³/mol. The molecule has 3 rings (SSSR count). The van der Waals surface area contributed by atoms with Gasteiger partial charge in [-0.25, -0.2) is 9.18 Å². The molecule has 2 aliphatic rings. The van der Waals surface area contributed by atoms with Crippen LogP contribution < -0.4 is 20.4 Å². The highest BCUT2D eigenvalue weighted by Crippen LogP contribution is 2.29. The zero-order valence-electron chi connectivity index (χ0n) is 16.0. The number of anilines is 2. The molecule has 0 spiro atoms. The second kappa shape index (κ2) is 8.45. The van der Waals surface area contributed by atoms with Crippen molar-refractivity contribution in [1.29, 1.82) is 0 Å². The Morgan fingerprint density at radius 3 is 2.54 bits per heavy atom. The summed E-state index contributed by atoms with van der Waals surface area (Å²) in [6.07, 6.45) is 0.485. The van der Waals surface area contributed by atoms with Gasteiger partial charge in [-0.2, -0.15) is 0 Å². The fourth-order valence-corrected chi connectivity index (χ4v) is 3.57. The number of cyclic esters (lactones) is 1. The molecule has 8 nitrogen and oxygen atoms in total. The third kappa shape index (κ3) is 4.71. The Kier molecular flexibility index (Phi) is 6.01. The maximum Gasteiger partial charge on any atom is 0.414 e. The number of ether oxygens (including phenoxy) is 1. The molecule has 2 aliphatic heterocycles. The van der Waals surface area contributed by atoms with Crippen LogP contribution in [0.5, 0.6) is 0 Å². The van der Waals surface area contributed by atoms with Crippen LogP contribution in [0.2, 0.25) is 0 Å². The molecule has 2 saturated heterocycles. The van der Waals surface area contributed by atoms with E-state index in [4.69, 9.17) is 4.74 Å². The maximum atomic E-state index is 14.7. The molecule has 0 aromatic heterocycles. The number of carbonyl (C=O) groups excluding carboxylic acids is 3. The van der Waals surface area contributed by atoms with Gasteiger partial charge >= 0.3 is 6.09 Å². The van der Waals surface area contributed by atoms with E-state index in [1.54, 1.807) is 12.1 Å². The lowest BCUT2D eigenvalue weighted by molar-refractivity contribution is -0.120. The number of piperidine rings is 1. The van der Waals surface area contributed by atoms with Gasteiger partial charge in [-0.05, 0) is 31.0 Å². The first-order valence-corrected chi connectivity index (χ1v) is 9.37. The van der Waals surface area contributed by atoms with Crippen molar-refractivity contribution in [3.63, 3.8) is 0 Å². The van der Waals surface area contributed by atoms with Crippen molar-refractivity contribution in [2.24, 2.45) is 0 Å². The van der Waals surface area contributed by atoms with Crippen molar-refractivity contribution in [3.8, 4) is 0 Å². The minimum absolute atomic E-state index is 0.0525. The summed E-state index contributed by atoms with van der Waals surface area (Å²) in [5.41, 5.74) is 0.900. The number of benzene rings is 1. The van der Waals surface area contributed by atoms with E-state index >= 15 is 0 Å². The van der Waals surface area contributed by atoms with Crippen molar-refractivity contribution in [3.05, 3.63) is 24.0 Å². The largest absolute Gasteiger partial charge is 0.442 e. The van der Waals surface area contributed by atoms with Gasteiger partial charge in [0.2, 0.25) is 11.8 Å². The number of amides is 3. The van der Waals surface area contributed by atoms with E-state index in [2.05, 4.69) is 10.6 Å². The summed E-state index contributed by atoms with van der Waals surface area (Å²) in [5, 5.41) is 5.51. The summed E-state index contributed by atoms with van der Waals surface area (Å²) in [7, 11) is 0. The van der Waals surface area contributed by atoms with Gasteiger partial charge in [-0.15, -0.1) is 0 Å². The molecule has 2 heterocycles. The van der Waals surface area contributed by atoms with Crippen molar-refractivity contribution >= 4 is 29.3 Å². The number of carbonyl (C=O) groups is 3. The summed E-state index contributed by atoms with van der Waals surface area (Å²) in [6.45, 7) is 4.65. The second-order valence-electron chi connectivity index (χ2n) is 7.15. The predicted octanol–water partition coefficient (Wildman–Crippen LogP) is 1.39. The second-order valence-corrected chi connectivity index (χ2v) is 7.15. The molecule has 0 bridgehead atoms. The van der Waals surface area contributed by atoms with E-state index in [-0.39, 0.29) is 30.9 Å². The van der Waals surface area contributed by atoms with E-state index < -0.39 is 18.0 Å².